The predicted molar refractivity (Wildman–Crippen MR) is 250 cm³/mol. The maximum absolute atomic E-state index is 2.50. The van der Waals surface area contributed by atoms with Crippen molar-refractivity contribution in [2.24, 2.45) is 0 Å². The van der Waals surface area contributed by atoms with Gasteiger partial charge in [0.2, 0.25) is 0 Å². The van der Waals surface area contributed by atoms with Crippen LogP contribution in [0.4, 0.5) is 0 Å². The van der Waals surface area contributed by atoms with E-state index in [1.165, 1.54) is 129 Å². The van der Waals surface area contributed by atoms with Crippen molar-refractivity contribution in [3.63, 3.8) is 0 Å². The second kappa shape index (κ2) is 11.7. The van der Waals surface area contributed by atoms with E-state index >= 15 is 0 Å². The van der Waals surface area contributed by atoms with Gasteiger partial charge in [0.25, 0.3) is 0 Å². The van der Waals surface area contributed by atoms with Gasteiger partial charge in [-0.15, -0.1) is 11.3 Å². The SMILES string of the molecule is c1ccc2c(-c3cc4c5ccccc5c5ccccc5c4c4ccccc34)c3ccccc3c(-c3ccc4c(c3)sc3c5ccccc5c5ccccc5c43)c2c1. The van der Waals surface area contributed by atoms with Gasteiger partial charge in [0.05, 0.1) is 0 Å². The van der Waals surface area contributed by atoms with Gasteiger partial charge in [-0.25, -0.2) is 0 Å². The van der Waals surface area contributed by atoms with E-state index in [2.05, 4.69) is 194 Å². The van der Waals surface area contributed by atoms with E-state index in [1.54, 1.807) is 0 Å². The first kappa shape index (κ1) is 31.2. The molecule has 0 amide bonds. The monoisotopic (exact) mass is 736 g/mol. The lowest BCUT2D eigenvalue weighted by molar-refractivity contribution is 1.70. The summed E-state index contributed by atoms with van der Waals surface area (Å²) in [7, 11) is 0. The van der Waals surface area contributed by atoms with Crippen LogP contribution in [0.1, 0.15) is 0 Å². The van der Waals surface area contributed by atoms with E-state index < -0.39 is 0 Å². The van der Waals surface area contributed by atoms with Crippen LogP contribution in [0.25, 0.3) is 129 Å². The summed E-state index contributed by atoms with van der Waals surface area (Å²) in [6.45, 7) is 0. The van der Waals surface area contributed by atoms with Crippen LogP contribution >= 0.6 is 11.3 Å². The van der Waals surface area contributed by atoms with E-state index in [9.17, 15) is 0 Å². The molecule has 0 nitrogen and oxygen atoms in total. The molecule has 0 atom stereocenters. The summed E-state index contributed by atoms with van der Waals surface area (Å²) in [6, 6.07) is 72.6. The molecule has 1 heteroatoms. The third-order valence-corrected chi connectivity index (χ3v) is 13.8. The molecule has 0 aliphatic heterocycles. The summed E-state index contributed by atoms with van der Waals surface area (Å²) in [5, 5.41) is 23.5. The minimum absolute atomic E-state index is 1.25. The van der Waals surface area contributed by atoms with Crippen LogP contribution in [0.2, 0.25) is 0 Å². The maximum atomic E-state index is 2.50. The second-order valence-electron chi connectivity index (χ2n) is 15.4. The van der Waals surface area contributed by atoms with E-state index in [-0.39, 0.29) is 0 Å². The van der Waals surface area contributed by atoms with Gasteiger partial charge < -0.3 is 0 Å². The predicted octanol–water partition coefficient (Wildman–Crippen LogP) is 16.6. The van der Waals surface area contributed by atoms with Crippen LogP contribution in [0, 0.1) is 0 Å². The Hall–Kier alpha value is -7.06. The first-order valence-corrected chi connectivity index (χ1v) is 20.6. The molecule has 0 spiro atoms. The van der Waals surface area contributed by atoms with Crippen LogP contribution in [-0.4, -0.2) is 0 Å². The van der Waals surface area contributed by atoms with Gasteiger partial charge in [0.15, 0.2) is 0 Å². The number of benzene rings is 12. The van der Waals surface area contributed by atoms with Gasteiger partial charge in [-0.05, 0) is 115 Å². The molecule has 13 rings (SSSR count). The fraction of sp³-hybridized carbons (Fsp3) is 0. The summed E-state index contributed by atoms with van der Waals surface area (Å²) in [5.41, 5.74) is 5.11. The molecule has 0 saturated carbocycles. The van der Waals surface area contributed by atoms with Gasteiger partial charge in [-0.2, -0.15) is 0 Å². The molecular formula is C56H32S. The lowest BCUT2D eigenvalue weighted by Gasteiger charge is -2.20. The van der Waals surface area contributed by atoms with Crippen LogP contribution in [-0.2, 0) is 0 Å². The highest BCUT2D eigenvalue weighted by Crippen LogP contribution is 2.50. The maximum Gasteiger partial charge on any atom is 0.0440 e. The molecule has 0 fully saturated rings. The van der Waals surface area contributed by atoms with Crippen molar-refractivity contribution < 1.29 is 0 Å². The van der Waals surface area contributed by atoms with Crippen molar-refractivity contribution in [1.29, 1.82) is 0 Å². The van der Waals surface area contributed by atoms with Crippen molar-refractivity contribution in [1.82, 2.24) is 0 Å². The molecular weight excluding hydrogens is 705 g/mol. The molecule has 0 aliphatic carbocycles. The molecule has 0 saturated heterocycles. The molecule has 13 aromatic rings. The van der Waals surface area contributed by atoms with Crippen LogP contribution in [0.3, 0.4) is 0 Å². The third kappa shape index (κ3) is 4.27. The Morgan fingerprint density at radius 2 is 0.632 bits per heavy atom. The Bertz CT molecular complexity index is 3810. The van der Waals surface area contributed by atoms with Crippen molar-refractivity contribution in [2.45, 2.75) is 0 Å². The number of rotatable bonds is 2. The van der Waals surface area contributed by atoms with E-state index in [0.717, 1.165) is 0 Å². The third-order valence-electron chi connectivity index (χ3n) is 12.6. The number of fused-ring (bicyclic) bond motifs is 18. The smallest absolute Gasteiger partial charge is 0.0440 e. The van der Waals surface area contributed by atoms with Gasteiger partial charge in [-0.1, -0.05) is 182 Å². The van der Waals surface area contributed by atoms with Gasteiger partial charge in [0.1, 0.15) is 0 Å². The van der Waals surface area contributed by atoms with E-state index in [1.807, 2.05) is 11.3 Å². The average Bonchev–Trinajstić information content (AvgIpc) is 3.67. The average molecular weight is 737 g/mol. The first-order chi connectivity index (χ1) is 28.3. The Morgan fingerprint density at radius 3 is 1.19 bits per heavy atom. The van der Waals surface area contributed by atoms with Crippen molar-refractivity contribution in [3.8, 4) is 22.3 Å². The lowest BCUT2D eigenvalue weighted by atomic mass is 9.82. The molecule has 0 aliphatic rings. The summed E-state index contributed by atoms with van der Waals surface area (Å²) < 4.78 is 2.69. The zero-order valence-corrected chi connectivity index (χ0v) is 31.7. The fourth-order valence-corrected chi connectivity index (χ4v) is 11.6. The zero-order chi connectivity index (χ0) is 37.2. The summed E-state index contributed by atoms with van der Waals surface area (Å²) >= 11 is 1.93. The fourth-order valence-electron chi connectivity index (χ4n) is 10.3. The largest absolute Gasteiger partial charge is 0.134 e. The Morgan fingerprint density at radius 1 is 0.246 bits per heavy atom. The van der Waals surface area contributed by atoms with Crippen LogP contribution in [0.5, 0.6) is 0 Å². The molecule has 262 valence electrons. The van der Waals surface area contributed by atoms with Crippen molar-refractivity contribution in [2.75, 3.05) is 0 Å². The molecule has 57 heavy (non-hydrogen) atoms. The molecule has 0 N–H and O–H groups in total. The zero-order valence-electron chi connectivity index (χ0n) is 30.9. The van der Waals surface area contributed by atoms with Gasteiger partial charge in [-0.3, -0.25) is 0 Å². The van der Waals surface area contributed by atoms with E-state index in [0.29, 0.717) is 0 Å². The van der Waals surface area contributed by atoms with Crippen LogP contribution in [0.15, 0.2) is 194 Å². The Balaban J connectivity index is 1.14. The highest BCUT2D eigenvalue weighted by Gasteiger charge is 2.22. The van der Waals surface area contributed by atoms with Crippen molar-refractivity contribution >= 4 is 118 Å². The molecule has 12 aromatic carbocycles. The quantitative estimate of drug-likeness (QED) is 0.122. The number of hydrogen-bond donors (Lipinski definition) is 0. The molecule has 1 heterocycles. The highest BCUT2D eigenvalue weighted by molar-refractivity contribution is 7.27. The van der Waals surface area contributed by atoms with Gasteiger partial charge in [0, 0.05) is 25.6 Å². The number of hydrogen-bond acceptors (Lipinski definition) is 1. The minimum Gasteiger partial charge on any atom is -0.134 e. The molecule has 0 bridgehead atoms. The highest BCUT2D eigenvalue weighted by atomic mass is 32.1. The first-order valence-electron chi connectivity index (χ1n) is 19.8. The Kier molecular flexibility index (Phi) is 6.41. The molecule has 0 radical (unpaired) electrons. The van der Waals surface area contributed by atoms with Crippen molar-refractivity contribution in [3.05, 3.63) is 194 Å². The normalized spacial score (nSPS) is 12.2. The second-order valence-corrected chi connectivity index (χ2v) is 16.5. The minimum atomic E-state index is 1.25. The van der Waals surface area contributed by atoms with Crippen LogP contribution < -0.4 is 0 Å². The summed E-state index contributed by atoms with van der Waals surface area (Å²) in [5.74, 6) is 0. The number of thiophene rings is 1. The van der Waals surface area contributed by atoms with E-state index in [4.69, 9.17) is 0 Å². The standard InChI is InChI=1S/C56H32S/c1-2-19-38-34(15-1)35-16-3-7-21-40(35)53-41-22-8-5-20-39(41)50(32-49(38)53)54-45-26-12-10-24-43(45)52(44-25-11-13-27-46(44)54)33-29-30-48-51(31-33)57-56-47-28-14-6-18-37(47)36-17-4-9-23-42(36)55(48)56/h1-32H. The summed E-state index contributed by atoms with van der Waals surface area (Å²) in [6.07, 6.45) is 0. The molecule has 0 unspecified atom stereocenters. The summed E-state index contributed by atoms with van der Waals surface area (Å²) in [4.78, 5) is 0. The van der Waals surface area contributed by atoms with Gasteiger partial charge >= 0.3 is 0 Å². The topological polar surface area (TPSA) is 0 Å². The lowest BCUT2D eigenvalue weighted by Crippen LogP contribution is -1.93. The Labute approximate surface area is 332 Å². The molecule has 1 aromatic heterocycles.